The molecule has 0 aliphatic heterocycles. The maximum absolute atomic E-state index is 4.47. The van der Waals surface area contributed by atoms with E-state index in [9.17, 15) is 0 Å². The van der Waals surface area contributed by atoms with Crippen LogP contribution in [0.1, 0.15) is 0 Å². The summed E-state index contributed by atoms with van der Waals surface area (Å²) in [6, 6.07) is 0. The van der Waals surface area contributed by atoms with E-state index in [-0.39, 0.29) is 0 Å². The molecule has 0 unspecified atom stereocenters. The van der Waals surface area contributed by atoms with E-state index in [0.717, 1.165) is 0 Å². The second-order valence-electron chi connectivity index (χ2n) is 0.258. The van der Waals surface area contributed by atoms with Crippen LogP contribution in [-0.4, -0.2) is 13.8 Å². The minimum atomic E-state index is 0. The van der Waals surface area contributed by atoms with Gasteiger partial charge in [0, 0.05) is 0 Å². The second-order valence-corrected chi connectivity index (χ2v) is 0.258. The van der Waals surface area contributed by atoms with E-state index in [1.165, 1.54) is 7.05 Å². The Bertz CT molecular complexity index is 16.3. The predicted octanol–water partition coefficient (Wildman–Crippen LogP) is 0.194. The molecule has 0 N–H and O–H groups in total. The van der Waals surface area contributed by atoms with E-state index in [0.29, 0.717) is 0 Å². The molecule has 0 aliphatic rings. The Balaban J connectivity index is -0.00000000667. The summed E-state index contributed by atoms with van der Waals surface area (Å²) in [6.45, 7) is 4.47. The summed E-state index contributed by atoms with van der Waals surface area (Å²) in [6.07, 6.45) is 0. The smallest absolute Gasteiger partial charge is 0 e. The van der Waals surface area contributed by atoms with Gasteiger partial charge in [0.1, 0.15) is 0 Å². The van der Waals surface area contributed by atoms with E-state index in [2.05, 4.69) is 11.7 Å². The summed E-state index contributed by atoms with van der Waals surface area (Å²) in [5.74, 6) is 0. The Morgan fingerprint density at radius 2 is 1.17 bits per heavy atom. The predicted molar refractivity (Wildman–Crippen MR) is 14.4 cm³/mol. The summed E-state index contributed by atoms with van der Waals surface area (Å²) in [5.41, 5.74) is 0. The van der Waals surface area contributed by atoms with E-state index in [1.54, 1.807) is 0 Å². The third-order valence-corrected chi connectivity index (χ3v) is 0. The van der Waals surface area contributed by atoms with Gasteiger partial charge in [-0.3, -0.25) is 0 Å². The molecule has 0 heterocycles. The van der Waals surface area contributed by atoms with Gasteiger partial charge in [-0.2, -0.15) is 0 Å². The molecule has 0 rings (SSSR count). The van der Waals surface area contributed by atoms with E-state index in [1.807, 2.05) is 0 Å². The molecule has 0 radical (unpaired) electrons. The molecule has 4 heteroatoms. The zero-order valence-electron chi connectivity index (χ0n) is 4.15. The van der Waals surface area contributed by atoms with Crippen LogP contribution in [0.25, 0.3) is 0 Å². The van der Waals surface area contributed by atoms with Crippen molar-refractivity contribution in [2.75, 3.05) is 7.05 Å². The third kappa shape index (κ3) is 0.00658. The summed E-state index contributed by atoms with van der Waals surface area (Å²) < 4.78 is 0. The monoisotopic (exact) mass is 843 g/mol. The van der Waals surface area contributed by atoms with Crippen molar-refractivity contribution in [1.82, 2.24) is 0 Å². The van der Waals surface area contributed by atoms with Crippen LogP contribution in [-0.2, 0) is 0 Å². The van der Waals surface area contributed by atoms with Gasteiger partial charge in [-0.1, -0.05) is 0 Å². The van der Waals surface area contributed by atoms with Crippen molar-refractivity contribution < 1.29 is 0 Å². The zero-order valence-corrected chi connectivity index (χ0v) is 23.3. The Morgan fingerprint density at radius 3 is 1.17 bits per heavy atom. The van der Waals surface area contributed by atoms with Crippen LogP contribution in [0.3, 0.4) is 0 Å². The quantitative estimate of drug-likeness (QED) is 0.245. The standard InChI is InChI=1S/C2H4N.3Rf/c1-3-2;;;/h1H,2H3;;;/q-1;;;. The van der Waals surface area contributed by atoms with Gasteiger partial charge in [-0.05, 0) is 7.05 Å². The molecule has 0 saturated heterocycles. The van der Waals surface area contributed by atoms with E-state index >= 15 is 0 Å². The maximum atomic E-state index is 4.47. The fraction of sp³-hybridized carbons (Fsp3) is 0.500. The van der Waals surface area contributed by atoms with Crippen molar-refractivity contribution in [3.05, 3.63) is 0 Å². The van der Waals surface area contributed by atoms with Gasteiger partial charge in [-0.15, -0.1) is 0 Å². The molecule has 0 bridgehead atoms. The SMILES string of the molecule is [CH-]=NC.[Rf].[Rf].[Rf]. The molecule has 0 aromatic rings. The van der Waals surface area contributed by atoms with Crippen molar-refractivity contribution >= 4 is 6.72 Å². The van der Waals surface area contributed by atoms with E-state index < -0.39 is 0 Å². The third-order valence-electron chi connectivity index (χ3n) is 0. The van der Waals surface area contributed by atoms with Crippen molar-refractivity contribution in [2.24, 2.45) is 4.99 Å². The van der Waals surface area contributed by atoms with Crippen LogP contribution in [0, 0.1) is 0 Å². The fourth-order valence-corrected chi connectivity index (χ4v) is 0. The second kappa shape index (κ2) is 0.138. The topological polar surface area (TPSA) is 12.4 Å². The molecule has 0 fully saturated rings. The first-order valence-corrected chi connectivity index (χ1v) is 0.705. The molecule has 24 valence electrons. The maximum Gasteiger partial charge on any atom is 0 e. The van der Waals surface area contributed by atoms with Crippen LogP contribution in [0.4, 0.5) is 0 Å². The molecule has 0 atom stereocenters. The summed E-state index contributed by atoms with van der Waals surface area (Å²) in [4.78, 5) is 3.00. The Hall–Kier alpha value is -3.33. The van der Waals surface area contributed by atoms with Crippen LogP contribution in [0.5, 0.6) is 0 Å². The molecule has 0 aliphatic carbocycles. The molecule has 0 aromatic carbocycles. The Morgan fingerprint density at radius 1 is 1.17 bits per heavy atom. The van der Waals surface area contributed by atoms with Crippen molar-refractivity contribution in [1.29, 1.82) is 0 Å². The first-order valence-electron chi connectivity index (χ1n) is 0.705. The van der Waals surface area contributed by atoms with Crippen LogP contribution in [0.15, 0.2) is 4.99 Å². The molecule has 1 nitrogen and oxygen atoms in total. The number of hydrogen-bond donors (Lipinski definition) is 0. The Labute approximate surface area is 20.0 Å². The van der Waals surface area contributed by atoms with Crippen LogP contribution in [0.2, 0.25) is 0 Å². The average Bonchev–Trinajstić information content (AvgIpc) is 0.918. The van der Waals surface area contributed by atoms with Crippen LogP contribution >= 0.6 is 0 Å². The van der Waals surface area contributed by atoms with E-state index in [4.69, 9.17) is 0 Å². The van der Waals surface area contributed by atoms with Gasteiger partial charge in [0.15, 0.2) is 0 Å². The number of nitrogens with zero attached hydrogens (tertiary/aromatic N) is 1. The van der Waals surface area contributed by atoms with Gasteiger partial charge in [0.2, 0.25) is 0 Å². The van der Waals surface area contributed by atoms with Crippen molar-refractivity contribution in [2.45, 2.75) is 0 Å². The number of hydrogen-bond acceptors (Lipinski definition) is 1. The number of rotatable bonds is 0. The summed E-state index contributed by atoms with van der Waals surface area (Å²) in [5, 5.41) is 0. The van der Waals surface area contributed by atoms with Gasteiger partial charge in [0.25, 0.3) is 0 Å². The Kier molecular flexibility index (Phi) is 0.0969. The largest absolute Gasteiger partial charge is 0.509 e. The first-order chi connectivity index (χ1) is 1.41. The molecule has 0 amide bonds. The zero-order chi connectivity index (χ0) is 2.71. The molecule has 0 spiro atoms. The normalized spacial score (nSPS) is 2.17. The van der Waals surface area contributed by atoms with Crippen molar-refractivity contribution in [3.63, 3.8) is 0 Å². The van der Waals surface area contributed by atoms with Crippen LogP contribution < -0.4 is 0 Å². The van der Waals surface area contributed by atoms with Crippen molar-refractivity contribution in [3.8, 4) is 0 Å². The fourth-order valence-electron chi connectivity index (χ4n) is 0. The first kappa shape index (κ1) is 4.21. The minimum Gasteiger partial charge on any atom is -0.509 e. The number of aliphatic imine (C=N–C) groups is 1. The average molecular weight is 843 g/mol. The molecular weight excluding hydrogens is 839 g/mol. The molecule has 6 heavy (non-hydrogen) atoms. The molecule has 0 saturated carbocycles. The van der Waals surface area contributed by atoms with Gasteiger partial charge in [-0.25, -0.2) is 0 Å². The molecule has 0 aromatic heterocycles. The summed E-state index contributed by atoms with van der Waals surface area (Å²) >= 11 is 0. The van der Waals surface area contributed by atoms with Gasteiger partial charge >= 0.3 is 0 Å². The van der Waals surface area contributed by atoms with Gasteiger partial charge in [0.05, 0.1) is 0 Å². The molecular formula is C2H4NRf3-. The summed E-state index contributed by atoms with van der Waals surface area (Å²) in [7, 11) is 1.53. The van der Waals surface area contributed by atoms with Gasteiger partial charge < -0.3 is 11.7 Å². The minimum absolute atomic E-state index is 0.